The zero-order chi connectivity index (χ0) is 15.1. The minimum Gasteiger partial charge on any atom is -0.477 e. The number of hydrogen-bond acceptors (Lipinski definition) is 3. The lowest BCUT2D eigenvalue weighted by atomic mass is 10.0. The molecule has 0 atom stereocenters. The Labute approximate surface area is 126 Å². The summed E-state index contributed by atoms with van der Waals surface area (Å²) in [7, 11) is 0. The smallest absolute Gasteiger partial charge is 0.347 e. The summed E-state index contributed by atoms with van der Waals surface area (Å²) >= 11 is 1.21. The molecule has 0 saturated carbocycles. The first-order valence-electron chi connectivity index (χ1n) is 6.79. The molecule has 108 valence electrons. The number of carboxylic acid groups (broad SMARTS) is 1. The highest BCUT2D eigenvalue weighted by Crippen LogP contribution is 2.28. The van der Waals surface area contributed by atoms with Crippen molar-refractivity contribution in [3.63, 3.8) is 0 Å². The number of fused-ring (bicyclic) bond motifs is 1. The fraction of sp³-hybridized carbons (Fsp3) is 0.250. The first kappa shape index (κ1) is 13.8. The second-order valence-corrected chi connectivity index (χ2v) is 6.35. The Hall–Kier alpha value is -2.14. The first-order chi connectivity index (χ1) is 9.97. The molecule has 0 fully saturated rings. The highest BCUT2D eigenvalue weighted by Gasteiger charge is 2.17. The van der Waals surface area contributed by atoms with Gasteiger partial charge in [0.15, 0.2) is 4.96 Å². The molecule has 0 spiro atoms. The van der Waals surface area contributed by atoms with Gasteiger partial charge in [0, 0.05) is 17.5 Å². The molecule has 21 heavy (non-hydrogen) atoms. The number of hydrogen-bond donors (Lipinski definition) is 1. The van der Waals surface area contributed by atoms with Crippen molar-refractivity contribution in [1.82, 2.24) is 9.38 Å². The highest BCUT2D eigenvalue weighted by molar-refractivity contribution is 7.19. The molecule has 0 unspecified atom stereocenters. The van der Waals surface area contributed by atoms with Crippen LogP contribution in [0, 0.1) is 6.92 Å². The van der Waals surface area contributed by atoms with Gasteiger partial charge in [-0.25, -0.2) is 9.78 Å². The number of rotatable bonds is 3. The summed E-state index contributed by atoms with van der Waals surface area (Å²) in [5, 5.41) is 9.12. The van der Waals surface area contributed by atoms with E-state index in [0.717, 1.165) is 17.0 Å². The highest BCUT2D eigenvalue weighted by atomic mass is 32.1. The normalized spacial score (nSPS) is 11.4. The van der Waals surface area contributed by atoms with Gasteiger partial charge in [-0.1, -0.05) is 49.4 Å². The molecule has 0 aliphatic rings. The van der Waals surface area contributed by atoms with Crippen LogP contribution in [0.2, 0.25) is 0 Å². The van der Waals surface area contributed by atoms with Crippen LogP contribution in [-0.4, -0.2) is 20.5 Å². The van der Waals surface area contributed by atoms with Crippen molar-refractivity contribution in [2.45, 2.75) is 26.7 Å². The van der Waals surface area contributed by atoms with Gasteiger partial charge < -0.3 is 5.11 Å². The molecule has 1 N–H and O–H groups in total. The van der Waals surface area contributed by atoms with Crippen molar-refractivity contribution >= 4 is 22.3 Å². The van der Waals surface area contributed by atoms with E-state index in [1.165, 1.54) is 16.9 Å². The summed E-state index contributed by atoms with van der Waals surface area (Å²) in [5.41, 5.74) is 3.94. The van der Waals surface area contributed by atoms with E-state index < -0.39 is 5.97 Å². The second-order valence-electron chi connectivity index (χ2n) is 5.38. The molecule has 0 aliphatic carbocycles. The Morgan fingerprint density at radius 1 is 1.29 bits per heavy atom. The van der Waals surface area contributed by atoms with Crippen molar-refractivity contribution in [2.75, 3.05) is 0 Å². The maximum atomic E-state index is 11.1. The zero-order valence-corrected chi connectivity index (χ0v) is 12.9. The standard InChI is InChI=1S/C16H16N2O2S/c1-9(2)11-4-6-12(7-5-11)13-8-18-10(3)14(15(19)20)21-16(18)17-13/h4-9H,1-3H3,(H,19,20). The van der Waals surface area contributed by atoms with Crippen molar-refractivity contribution in [3.05, 3.63) is 46.6 Å². The zero-order valence-electron chi connectivity index (χ0n) is 12.1. The molecule has 2 heterocycles. The third kappa shape index (κ3) is 2.34. The van der Waals surface area contributed by atoms with Crippen molar-refractivity contribution < 1.29 is 9.90 Å². The predicted molar refractivity (Wildman–Crippen MR) is 84.3 cm³/mol. The van der Waals surface area contributed by atoms with Gasteiger partial charge >= 0.3 is 5.97 Å². The molecule has 5 heteroatoms. The van der Waals surface area contributed by atoms with Crippen LogP contribution in [-0.2, 0) is 0 Å². The number of benzene rings is 1. The molecule has 0 amide bonds. The topological polar surface area (TPSA) is 54.6 Å². The maximum Gasteiger partial charge on any atom is 0.347 e. The molecule has 0 bridgehead atoms. The van der Waals surface area contributed by atoms with Crippen LogP contribution < -0.4 is 0 Å². The van der Waals surface area contributed by atoms with Crippen LogP contribution in [0.1, 0.15) is 40.7 Å². The predicted octanol–water partition coefficient (Wildman–Crippen LogP) is 4.19. The summed E-state index contributed by atoms with van der Waals surface area (Å²) in [6.45, 7) is 6.14. The maximum absolute atomic E-state index is 11.1. The third-order valence-corrected chi connectivity index (χ3v) is 4.77. The van der Waals surface area contributed by atoms with Crippen LogP contribution in [0.4, 0.5) is 0 Å². The van der Waals surface area contributed by atoms with Gasteiger partial charge in [0.2, 0.25) is 0 Å². The molecular formula is C16H16N2O2S. The molecular weight excluding hydrogens is 284 g/mol. The van der Waals surface area contributed by atoms with Crippen LogP contribution >= 0.6 is 11.3 Å². The Balaban J connectivity index is 2.03. The van der Waals surface area contributed by atoms with Gasteiger partial charge in [0.05, 0.1) is 5.69 Å². The number of aromatic carboxylic acids is 1. The molecule has 1 aromatic carbocycles. The van der Waals surface area contributed by atoms with Crippen molar-refractivity contribution in [1.29, 1.82) is 0 Å². The van der Waals surface area contributed by atoms with E-state index in [1.807, 2.05) is 10.6 Å². The van der Waals surface area contributed by atoms with E-state index in [0.29, 0.717) is 15.8 Å². The number of nitrogens with zero attached hydrogens (tertiary/aromatic N) is 2. The fourth-order valence-corrected chi connectivity index (χ4v) is 3.27. The SMILES string of the molecule is Cc1c(C(=O)O)sc2nc(-c3ccc(C(C)C)cc3)cn12. The Bertz CT molecular complexity index is 813. The minimum atomic E-state index is -0.897. The van der Waals surface area contributed by atoms with E-state index >= 15 is 0 Å². The lowest BCUT2D eigenvalue weighted by Crippen LogP contribution is -1.96. The van der Waals surface area contributed by atoms with Gasteiger partial charge in [-0.2, -0.15) is 0 Å². The first-order valence-corrected chi connectivity index (χ1v) is 7.61. The van der Waals surface area contributed by atoms with Gasteiger partial charge in [-0.15, -0.1) is 0 Å². The number of imidazole rings is 1. The number of carbonyl (C=O) groups is 1. The quantitative estimate of drug-likeness (QED) is 0.789. The number of aromatic nitrogens is 2. The third-order valence-electron chi connectivity index (χ3n) is 3.62. The summed E-state index contributed by atoms with van der Waals surface area (Å²) in [6, 6.07) is 8.36. The van der Waals surface area contributed by atoms with E-state index in [1.54, 1.807) is 6.92 Å². The lowest BCUT2D eigenvalue weighted by molar-refractivity contribution is 0.0701. The number of thiazole rings is 1. The fourth-order valence-electron chi connectivity index (χ4n) is 2.33. The summed E-state index contributed by atoms with van der Waals surface area (Å²) in [6.07, 6.45) is 1.90. The van der Waals surface area contributed by atoms with Gasteiger partial charge in [-0.05, 0) is 18.4 Å². The summed E-state index contributed by atoms with van der Waals surface area (Å²) in [4.78, 5) is 16.7. The molecule has 4 nitrogen and oxygen atoms in total. The summed E-state index contributed by atoms with van der Waals surface area (Å²) in [5.74, 6) is -0.393. The van der Waals surface area contributed by atoms with Crippen LogP contribution in [0.5, 0.6) is 0 Å². The van der Waals surface area contributed by atoms with E-state index in [-0.39, 0.29) is 0 Å². The monoisotopic (exact) mass is 300 g/mol. The second kappa shape index (κ2) is 5.00. The Morgan fingerprint density at radius 2 is 1.95 bits per heavy atom. The van der Waals surface area contributed by atoms with Gasteiger partial charge in [0.25, 0.3) is 0 Å². The van der Waals surface area contributed by atoms with E-state index in [2.05, 4.69) is 43.1 Å². The molecule has 0 radical (unpaired) electrons. The van der Waals surface area contributed by atoms with Crippen molar-refractivity contribution in [3.8, 4) is 11.3 Å². The summed E-state index contributed by atoms with van der Waals surface area (Å²) < 4.78 is 1.85. The lowest BCUT2D eigenvalue weighted by Gasteiger charge is -2.05. The molecule has 3 aromatic rings. The van der Waals surface area contributed by atoms with Crippen LogP contribution in [0.15, 0.2) is 30.5 Å². The molecule has 0 aliphatic heterocycles. The average molecular weight is 300 g/mol. The number of aryl methyl sites for hydroxylation is 1. The Kier molecular flexibility index (Phi) is 3.29. The molecule has 0 saturated heterocycles. The average Bonchev–Trinajstić information content (AvgIpc) is 2.99. The van der Waals surface area contributed by atoms with Crippen molar-refractivity contribution in [2.24, 2.45) is 0 Å². The largest absolute Gasteiger partial charge is 0.477 e. The van der Waals surface area contributed by atoms with Gasteiger partial charge in [0.1, 0.15) is 4.88 Å². The van der Waals surface area contributed by atoms with E-state index in [9.17, 15) is 4.79 Å². The van der Waals surface area contributed by atoms with Crippen LogP contribution in [0.3, 0.4) is 0 Å². The van der Waals surface area contributed by atoms with E-state index in [4.69, 9.17) is 5.11 Å². The number of carboxylic acids is 1. The molecule has 3 rings (SSSR count). The van der Waals surface area contributed by atoms with Crippen LogP contribution in [0.25, 0.3) is 16.2 Å². The molecule has 2 aromatic heterocycles. The van der Waals surface area contributed by atoms with Gasteiger partial charge in [-0.3, -0.25) is 4.40 Å². The Morgan fingerprint density at radius 3 is 2.48 bits per heavy atom. The minimum absolute atomic E-state index is 0.346.